The van der Waals surface area contributed by atoms with Crippen molar-refractivity contribution in [3.8, 4) is 0 Å². The van der Waals surface area contributed by atoms with E-state index in [9.17, 15) is 0 Å². The Balaban J connectivity index is 1.88. The van der Waals surface area contributed by atoms with E-state index in [0.29, 0.717) is 5.41 Å². The van der Waals surface area contributed by atoms with Gasteiger partial charge in [-0.1, -0.05) is 19.8 Å². The van der Waals surface area contributed by atoms with Gasteiger partial charge in [-0.3, -0.25) is 0 Å². The second-order valence-electron chi connectivity index (χ2n) is 6.02. The molecule has 2 aliphatic carbocycles. The number of hydrogen-bond acceptors (Lipinski definition) is 1. The lowest BCUT2D eigenvalue weighted by molar-refractivity contribution is 0.258. The summed E-state index contributed by atoms with van der Waals surface area (Å²) < 4.78 is 0. The summed E-state index contributed by atoms with van der Waals surface area (Å²) in [5, 5.41) is 0. The number of hydrogen-bond donors (Lipinski definition) is 0. The first-order chi connectivity index (χ1) is 6.19. The molecule has 0 radical (unpaired) electrons. The van der Waals surface area contributed by atoms with Crippen LogP contribution in [0.4, 0.5) is 0 Å². The Morgan fingerprint density at radius 3 is 3.00 bits per heavy atom. The van der Waals surface area contributed by atoms with Gasteiger partial charge in [0, 0.05) is 13.1 Å². The molecule has 0 aromatic carbocycles. The maximum Gasteiger partial charge on any atom is 0.00357 e. The van der Waals surface area contributed by atoms with Gasteiger partial charge in [-0.15, -0.1) is 0 Å². The molecule has 13 heavy (non-hydrogen) atoms. The number of likely N-dealkylation sites (tertiary alicyclic amines) is 1. The van der Waals surface area contributed by atoms with E-state index in [1.54, 1.807) is 12.8 Å². The molecule has 1 heteroatoms. The van der Waals surface area contributed by atoms with E-state index in [1.807, 2.05) is 0 Å². The van der Waals surface area contributed by atoms with Crippen molar-refractivity contribution in [3.05, 3.63) is 0 Å². The minimum absolute atomic E-state index is 0.699. The Morgan fingerprint density at radius 2 is 2.15 bits per heavy atom. The molecule has 0 spiro atoms. The van der Waals surface area contributed by atoms with Crippen molar-refractivity contribution in [2.75, 3.05) is 20.1 Å². The van der Waals surface area contributed by atoms with Crippen molar-refractivity contribution in [3.63, 3.8) is 0 Å². The summed E-state index contributed by atoms with van der Waals surface area (Å²) >= 11 is 0. The second kappa shape index (κ2) is 2.50. The van der Waals surface area contributed by atoms with Crippen LogP contribution in [0.2, 0.25) is 0 Å². The third-order valence-electron chi connectivity index (χ3n) is 5.00. The van der Waals surface area contributed by atoms with E-state index >= 15 is 0 Å². The predicted octanol–water partition coefficient (Wildman–Crippen LogP) is 2.37. The average Bonchev–Trinajstić information content (AvgIpc) is 2.59. The molecule has 0 bridgehead atoms. The highest BCUT2D eigenvalue weighted by Crippen LogP contribution is 2.59. The molecule has 0 aromatic heterocycles. The lowest BCUT2D eigenvalue weighted by Crippen LogP contribution is -2.23. The Bertz CT molecular complexity index is 225. The fraction of sp³-hybridized carbons (Fsp3) is 1.00. The smallest absolute Gasteiger partial charge is 0.00357 e. The van der Waals surface area contributed by atoms with Crippen LogP contribution < -0.4 is 0 Å². The van der Waals surface area contributed by atoms with E-state index in [1.165, 1.54) is 25.9 Å². The highest BCUT2D eigenvalue weighted by molar-refractivity contribution is 5.05. The number of nitrogens with zero attached hydrogens (tertiary/aromatic N) is 1. The van der Waals surface area contributed by atoms with Gasteiger partial charge >= 0.3 is 0 Å². The fourth-order valence-electron chi connectivity index (χ4n) is 4.67. The third-order valence-corrected chi connectivity index (χ3v) is 5.00. The monoisotopic (exact) mass is 179 g/mol. The zero-order chi connectivity index (χ0) is 9.05. The van der Waals surface area contributed by atoms with Crippen molar-refractivity contribution in [1.29, 1.82) is 0 Å². The summed E-state index contributed by atoms with van der Waals surface area (Å²) in [5.74, 6) is 3.27. The number of rotatable bonds is 0. The van der Waals surface area contributed by atoms with E-state index in [-0.39, 0.29) is 0 Å². The van der Waals surface area contributed by atoms with Gasteiger partial charge in [0.1, 0.15) is 0 Å². The molecular weight excluding hydrogens is 158 g/mol. The van der Waals surface area contributed by atoms with Gasteiger partial charge in [0.05, 0.1) is 0 Å². The summed E-state index contributed by atoms with van der Waals surface area (Å²) in [6.45, 7) is 5.29. The number of fused-ring (bicyclic) bond motifs is 3. The highest BCUT2D eigenvalue weighted by atomic mass is 15.1. The molecular formula is C12H21N. The van der Waals surface area contributed by atoms with E-state index in [2.05, 4.69) is 18.9 Å². The SMILES string of the molecule is CN1C[C@@H]2C3CCCC3C[C@]2(C)C1. The summed E-state index contributed by atoms with van der Waals surface area (Å²) in [5.41, 5.74) is 0.699. The third kappa shape index (κ3) is 1.03. The molecule has 0 N–H and O–H groups in total. The maximum absolute atomic E-state index is 2.55. The van der Waals surface area contributed by atoms with E-state index in [4.69, 9.17) is 0 Å². The average molecular weight is 179 g/mol. The lowest BCUT2D eigenvalue weighted by Gasteiger charge is -2.24. The van der Waals surface area contributed by atoms with Crippen molar-refractivity contribution in [1.82, 2.24) is 4.90 Å². The Labute approximate surface area is 81.5 Å². The minimum atomic E-state index is 0.699. The maximum atomic E-state index is 2.55. The molecule has 1 nitrogen and oxygen atoms in total. The second-order valence-corrected chi connectivity index (χ2v) is 6.02. The zero-order valence-corrected chi connectivity index (χ0v) is 8.92. The van der Waals surface area contributed by atoms with Crippen LogP contribution in [-0.4, -0.2) is 25.0 Å². The van der Waals surface area contributed by atoms with Gasteiger partial charge in [0.15, 0.2) is 0 Å². The first kappa shape index (κ1) is 8.28. The van der Waals surface area contributed by atoms with Gasteiger partial charge < -0.3 is 4.90 Å². The first-order valence-corrected chi connectivity index (χ1v) is 5.88. The molecule has 3 aliphatic rings. The molecule has 1 aliphatic heterocycles. The van der Waals surface area contributed by atoms with Gasteiger partial charge in [-0.2, -0.15) is 0 Å². The Kier molecular flexibility index (Phi) is 1.59. The Hall–Kier alpha value is -0.0400. The highest BCUT2D eigenvalue weighted by Gasteiger charge is 2.55. The molecule has 3 fully saturated rings. The van der Waals surface area contributed by atoms with Crippen molar-refractivity contribution >= 4 is 0 Å². The quantitative estimate of drug-likeness (QED) is 0.552. The van der Waals surface area contributed by atoms with Crippen LogP contribution in [0.3, 0.4) is 0 Å². The van der Waals surface area contributed by atoms with Crippen molar-refractivity contribution < 1.29 is 0 Å². The van der Waals surface area contributed by atoms with Crippen LogP contribution in [0.25, 0.3) is 0 Å². The summed E-state index contributed by atoms with van der Waals surface area (Å²) in [4.78, 5) is 2.55. The molecule has 1 saturated heterocycles. The molecule has 1 heterocycles. The molecule has 2 saturated carbocycles. The summed E-state index contributed by atoms with van der Waals surface area (Å²) in [7, 11) is 2.30. The van der Waals surface area contributed by atoms with Gasteiger partial charge in [-0.25, -0.2) is 0 Å². The van der Waals surface area contributed by atoms with Gasteiger partial charge in [0.25, 0.3) is 0 Å². The fourth-order valence-corrected chi connectivity index (χ4v) is 4.67. The van der Waals surface area contributed by atoms with Crippen LogP contribution in [0.1, 0.15) is 32.6 Å². The standard InChI is InChI=1S/C12H21N/c1-12-6-9-4-3-5-10(9)11(12)7-13(2)8-12/h9-11H,3-8H2,1-2H3/t9?,10?,11-,12-/m1/s1. The molecule has 74 valence electrons. The zero-order valence-electron chi connectivity index (χ0n) is 8.92. The summed E-state index contributed by atoms with van der Waals surface area (Å²) in [6, 6.07) is 0. The van der Waals surface area contributed by atoms with Crippen molar-refractivity contribution in [2.24, 2.45) is 23.2 Å². The van der Waals surface area contributed by atoms with Crippen LogP contribution >= 0.6 is 0 Å². The van der Waals surface area contributed by atoms with E-state index < -0.39 is 0 Å². The topological polar surface area (TPSA) is 3.24 Å². The van der Waals surface area contributed by atoms with E-state index in [0.717, 1.165) is 17.8 Å². The molecule has 0 aromatic rings. The predicted molar refractivity (Wildman–Crippen MR) is 54.5 cm³/mol. The van der Waals surface area contributed by atoms with Crippen LogP contribution in [0.15, 0.2) is 0 Å². The van der Waals surface area contributed by atoms with Crippen molar-refractivity contribution in [2.45, 2.75) is 32.6 Å². The van der Waals surface area contributed by atoms with Crippen LogP contribution in [0, 0.1) is 23.2 Å². The molecule has 0 amide bonds. The first-order valence-electron chi connectivity index (χ1n) is 5.88. The normalized spacial score (nSPS) is 55.4. The molecule has 4 atom stereocenters. The lowest BCUT2D eigenvalue weighted by atomic mass is 9.79. The van der Waals surface area contributed by atoms with Gasteiger partial charge in [0.2, 0.25) is 0 Å². The minimum Gasteiger partial charge on any atom is -0.306 e. The summed E-state index contributed by atoms with van der Waals surface area (Å²) in [6.07, 6.45) is 6.14. The molecule has 2 unspecified atom stereocenters. The molecule has 3 rings (SSSR count). The van der Waals surface area contributed by atoms with Crippen LogP contribution in [-0.2, 0) is 0 Å². The Morgan fingerprint density at radius 1 is 1.31 bits per heavy atom. The largest absolute Gasteiger partial charge is 0.306 e. The van der Waals surface area contributed by atoms with Crippen LogP contribution in [0.5, 0.6) is 0 Å². The van der Waals surface area contributed by atoms with Gasteiger partial charge in [-0.05, 0) is 43.1 Å².